The molecule has 0 fully saturated rings. The first kappa shape index (κ1) is 20.2. The topological polar surface area (TPSA) is 64.0 Å². The van der Waals surface area contributed by atoms with E-state index in [9.17, 15) is 9.59 Å². The first-order valence-corrected chi connectivity index (χ1v) is 10.0. The molecule has 144 valence electrons. The molecule has 1 heterocycles. The van der Waals surface area contributed by atoms with E-state index in [1.165, 1.54) is 22.5 Å². The Morgan fingerprint density at radius 1 is 1.11 bits per heavy atom. The lowest BCUT2D eigenvalue weighted by atomic mass is 10.2. The predicted molar refractivity (Wildman–Crippen MR) is 115 cm³/mol. The highest BCUT2D eigenvalue weighted by Crippen LogP contribution is 2.24. The van der Waals surface area contributed by atoms with Gasteiger partial charge in [0.05, 0.1) is 10.9 Å². The van der Waals surface area contributed by atoms with Crippen molar-refractivity contribution in [2.45, 2.75) is 31.0 Å². The zero-order valence-corrected chi connectivity index (χ0v) is 17.3. The van der Waals surface area contributed by atoms with Crippen LogP contribution in [0.4, 0.5) is 5.69 Å². The van der Waals surface area contributed by atoms with Gasteiger partial charge in [0, 0.05) is 16.8 Å². The quantitative estimate of drug-likeness (QED) is 0.620. The molecule has 3 rings (SSSR count). The SMILES string of the molecule is Cc1ccc(-n2nc(S[C@H](C)C(=O)Nc3cc(Cl)ccc3C)ccc2=O)cc1. The number of thioether (sulfide) groups is 1. The van der Waals surface area contributed by atoms with Crippen molar-refractivity contribution in [2.75, 3.05) is 5.32 Å². The van der Waals surface area contributed by atoms with Crippen molar-refractivity contribution in [2.24, 2.45) is 0 Å². The lowest BCUT2D eigenvalue weighted by molar-refractivity contribution is -0.115. The van der Waals surface area contributed by atoms with Crippen LogP contribution in [-0.4, -0.2) is 20.9 Å². The molecular formula is C21H20ClN3O2S. The zero-order valence-electron chi connectivity index (χ0n) is 15.8. The summed E-state index contributed by atoms with van der Waals surface area (Å²) >= 11 is 7.30. The molecule has 0 aliphatic heterocycles. The number of nitrogens with one attached hydrogen (secondary N) is 1. The monoisotopic (exact) mass is 413 g/mol. The van der Waals surface area contributed by atoms with E-state index in [-0.39, 0.29) is 11.5 Å². The van der Waals surface area contributed by atoms with Crippen molar-refractivity contribution in [3.05, 3.63) is 81.1 Å². The van der Waals surface area contributed by atoms with Gasteiger partial charge < -0.3 is 5.32 Å². The summed E-state index contributed by atoms with van der Waals surface area (Å²) in [4.78, 5) is 24.8. The Morgan fingerprint density at radius 2 is 1.82 bits per heavy atom. The molecule has 28 heavy (non-hydrogen) atoms. The highest BCUT2D eigenvalue weighted by Gasteiger charge is 2.17. The molecule has 0 radical (unpaired) electrons. The van der Waals surface area contributed by atoms with Crippen LogP contribution in [0.1, 0.15) is 18.1 Å². The van der Waals surface area contributed by atoms with Gasteiger partial charge in [-0.25, -0.2) is 0 Å². The summed E-state index contributed by atoms with van der Waals surface area (Å²) in [5.74, 6) is -0.162. The van der Waals surface area contributed by atoms with Crippen molar-refractivity contribution >= 4 is 35.0 Å². The van der Waals surface area contributed by atoms with Gasteiger partial charge >= 0.3 is 0 Å². The van der Waals surface area contributed by atoms with Gasteiger partial charge in [0.15, 0.2) is 0 Å². The van der Waals surface area contributed by atoms with Crippen LogP contribution in [-0.2, 0) is 4.79 Å². The molecule has 2 aromatic carbocycles. The van der Waals surface area contributed by atoms with Gasteiger partial charge in [0.2, 0.25) is 5.91 Å². The molecule has 1 atom stereocenters. The van der Waals surface area contributed by atoms with Gasteiger partial charge in [-0.15, -0.1) is 0 Å². The number of hydrogen-bond acceptors (Lipinski definition) is 4. The minimum Gasteiger partial charge on any atom is -0.325 e. The van der Waals surface area contributed by atoms with Gasteiger partial charge in [0.25, 0.3) is 5.56 Å². The number of aromatic nitrogens is 2. The highest BCUT2D eigenvalue weighted by atomic mass is 35.5. The van der Waals surface area contributed by atoms with Crippen LogP contribution in [0.15, 0.2) is 64.4 Å². The number of carbonyl (C=O) groups excluding carboxylic acids is 1. The summed E-state index contributed by atoms with van der Waals surface area (Å²) in [5, 5.41) is 8.04. The lowest BCUT2D eigenvalue weighted by Gasteiger charge is -2.14. The van der Waals surface area contributed by atoms with Crippen molar-refractivity contribution in [1.82, 2.24) is 9.78 Å². The van der Waals surface area contributed by atoms with E-state index < -0.39 is 5.25 Å². The first-order valence-electron chi connectivity index (χ1n) is 8.74. The smallest absolute Gasteiger partial charge is 0.271 e. The molecule has 0 aliphatic rings. The molecule has 7 heteroatoms. The second kappa shape index (κ2) is 8.63. The van der Waals surface area contributed by atoms with E-state index in [4.69, 9.17) is 11.6 Å². The molecular weight excluding hydrogens is 394 g/mol. The number of amides is 1. The summed E-state index contributed by atoms with van der Waals surface area (Å²) in [6, 6.07) is 16.0. The number of carbonyl (C=O) groups is 1. The Kier molecular flexibility index (Phi) is 6.21. The lowest BCUT2D eigenvalue weighted by Crippen LogP contribution is -2.24. The Labute approximate surface area is 172 Å². The van der Waals surface area contributed by atoms with Crippen LogP contribution in [0, 0.1) is 13.8 Å². The molecule has 1 amide bonds. The van der Waals surface area contributed by atoms with Crippen LogP contribution in [0.25, 0.3) is 5.69 Å². The van der Waals surface area contributed by atoms with Crippen LogP contribution < -0.4 is 10.9 Å². The molecule has 0 unspecified atom stereocenters. The highest BCUT2D eigenvalue weighted by molar-refractivity contribution is 8.00. The Bertz CT molecular complexity index is 1060. The van der Waals surface area contributed by atoms with Crippen molar-refractivity contribution in [1.29, 1.82) is 0 Å². The summed E-state index contributed by atoms with van der Waals surface area (Å²) in [6.45, 7) is 5.68. The first-order chi connectivity index (χ1) is 13.3. The number of benzene rings is 2. The van der Waals surface area contributed by atoms with Crippen LogP contribution >= 0.6 is 23.4 Å². The molecule has 5 nitrogen and oxygen atoms in total. The number of aryl methyl sites for hydroxylation is 2. The number of hydrogen-bond donors (Lipinski definition) is 1. The Morgan fingerprint density at radius 3 is 2.54 bits per heavy atom. The van der Waals surface area contributed by atoms with Crippen LogP contribution in [0.2, 0.25) is 5.02 Å². The van der Waals surface area contributed by atoms with Crippen molar-refractivity contribution < 1.29 is 4.79 Å². The van der Waals surface area contributed by atoms with Crippen LogP contribution in [0.3, 0.4) is 0 Å². The number of nitrogens with zero attached hydrogens (tertiary/aromatic N) is 2. The summed E-state index contributed by atoms with van der Waals surface area (Å²) in [6.07, 6.45) is 0. The van der Waals surface area contributed by atoms with E-state index in [1.807, 2.05) is 44.2 Å². The normalized spacial score (nSPS) is 11.9. The minimum atomic E-state index is -0.408. The second-order valence-corrected chi connectivity index (χ2v) is 8.26. The summed E-state index contributed by atoms with van der Waals surface area (Å²) < 4.78 is 1.34. The third kappa shape index (κ3) is 4.82. The number of anilines is 1. The Balaban J connectivity index is 1.76. The average molecular weight is 414 g/mol. The van der Waals surface area contributed by atoms with E-state index in [0.29, 0.717) is 21.4 Å². The maximum Gasteiger partial charge on any atom is 0.271 e. The van der Waals surface area contributed by atoms with E-state index >= 15 is 0 Å². The molecule has 1 aromatic heterocycles. The minimum absolute atomic E-state index is 0.162. The fraction of sp³-hybridized carbons (Fsp3) is 0.190. The van der Waals surface area contributed by atoms with E-state index in [2.05, 4.69) is 10.4 Å². The molecule has 1 N–H and O–H groups in total. The molecule has 0 bridgehead atoms. The standard InChI is InChI=1S/C21H20ClN3O2S/c1-13-4-8-17(9-5-13)25-20(26)11-10-19(24-25)28-15(3)21(27)23-18-12-16(22)7-6-14(18)2/h4-12,15H,1-3H3,(H,23,27)/t15-/m1/s1. The van der Waals surface area contributed by atoms with Crippen molar-refractivity contribution in [3.63, 3.8) is 0 Å². The molecule has 3 aromatic rings. The fourth-order valence-corrected chi connectivity index (χ4v) is 3.50. The van der Waals surface area contributed by atoms with Gasteiger partial charge in [-0.05, 0) is 56.7 Å². The average Bonchev–Trinajstić information content (AvgIpc) is 2.67. The zero-order chi connectivity index (χ0) is 20.3. The van der Waals surface area contributed by atoms with Crippen LogP contribution in [0.5, 0.6) is 0 Å². The number of rotatable bonds is 5. The maximum absolute atomic E-state index is 12.6. The fourth-order valence-electron chi connectivity index (χ4n) is 2.53. The van der Waals surface area contributed by atoms with E-state index in [1.54, 1.807) is 25.1 Å². The largest absolute Gasteiger partial charge is 0.325 e. The van der Waals surface area contributed by atoms with Gasteiger partial charge in [0.1, 0.15) is 5.03 Å². The molecule has 0 aliphatic carbocycles. The predicted octanol–water partition coefficient (Wildman–Crippen LogP) is 4.62. The number of halogens is 1. The summed E-state index contributed by atoms with van der Waals surface area (Å²) in [5.41, 5.74) is 3.18. The van der Waals surface area contributed by atoms with Gasteiger partial charge in [-0.1, -0.05) is 47.1 Å². The van der Waals surface area contributed by atoms with Gasteiger partial charge in [-0.2, -0.15) is 9.78 Å². The molecule has 0 spiro atoms. The third-order valence-corrected chi connectivity index (χ3v) is 5.44. The maximum atomic E-state index is 12.6. The third-order valence-electron chi connectivity index (χ3n) is 4.18. The van der Waals surface area contributed by atoms with E-state index in [0.717, 1.165) is 11.1 Å². The second-order valence-electron chi connectivity index (χ2n) is 6.47. The molecule has 0 saturated carbocycles. The summed E-state index contributed by atoms with van der Waals surface area (Å²) in [7, 11) is 0. The van der Waals surface area contributed by atoms with Gasteiger partial charge in [-0.3, -0.25) is 9.59 Å². The van der Waals surface area contributed by atoms with Crippen molar-refractivity contribution in [3.8, 4) is 5.69 Å². The Hall–Kier alpha value is -2.57. The molecule has 0 saturated heterocycles.